The molecule has 116 valence electrons. The lowest BCUT2D eigenvalue weighted by Crippen LogP contribution is -2.43. The number of carbonyl (C=O) groups excluding carboxylic acids is 2. The highest BCUT2D eigenvalue weighted by Crippen LogP contribution is 2.24. The minimum atomic E-state index is -1.29. The Hall–Kier alpha value is -1.89. The van der Waals surface area contributed by atoms with Crippen molar-refractivity contribution in [2.24, 2.45) is 5.73 Å². The summed E-state index contributed by atoms with van der Waals surface area (Å²) in [7, 11) is 0. The zero-order chi connectivity index (χ0) is 16.0. The van der Waals surface area contributed by atoms with Crippen LogP contribution < -0.4 is 11.1 Å². The van der Waals surface area contributed by atoms with E-state index in [1.807, 2.05) is 6.92 Å². The highest BCUT2D eigenvalue weighted by Gasteiger charge is 2.24. The Morgan fingerprint density at radius 1 is 1.38 bits per heavy atom. The molecule has 0 aliphatic rings. The molecule has 0 radical (unpaired) electrons. The van der Waals surface area contributed by atoms with Crippen LogP contribution in [0.25, 0.3) is 0 Å². The average Bonchev–Trinajstić information content (AvgIpc) is 2.81. The molecule has 4 N–H and O–H groups in total. The number of rotatable bonds is 8. The first-order valence-electron chi connectivity index (χ1n) is 6.82. The highest BCUT2D eigenvalue weighted by molar-refractivity contribution is 7.14. The zero-order valence-corrected chi connectivity index (χ0v) is 13.0. The SMILES string of the molecule is CCCc1sc(C(=O)N[C@@H](CC(N)=O)C(=O)O)cc1CC. The Bertz CT molecular complexity index is 539. The summed E-state index contributed by atoms with van der Waals surface area (Å²) in [5.74, 6) is -2.52. The molecule has 0 saturated carbocycles. The number of aryl methyl sites for hydroxylation is 2. The van der Waals surface area contributed by atoms with Crippen molar-refractivity contribution >= 4 is 29.1 Å². The van der Waals surface area contributed by atoms with Gasteiger partial charge in [0.1, 0.15) is 6.04 Å². The van der Waals surface area contributed by atoms with Crippen molar-refractivity contribution in [3.63, 3.8) is 0 Å². The topological polar surface area (TPSA) is 109 Å². The van der Waals surface area contributed by atoms with Crippen LogP contribution in [-0.2, 0) is 22.4 Å². The Labute approximate surface area is 127 Å². The van der Waals surface area contributed by atoms with Crippen molar-refractivity contribution in [3.8, 4) is 0 Å². The fourth-order valence-electron chi connectivity index (χ4n) is 1.95. The first-order valence-corrected chi connectivity index (χ1v) is 7.64. The maximum atomic E-state index is 12.1. The first kappa shape index (κ1) is 17.2. The third-order valence-corrected chi connectivity index (χ3v) is 4.22. The second-order valence-corrected chi connectivity index (χ2v) is 5.83. The monoisotopic (exact) mass is 312 g/mol. The predicted molar refractivity (Wildman–Crippen MR) is 80.4 cm³/mol. The van der Waals surface area contributed by atoms with Gasteiger partial charge in [-0.25, -0.2) is 4.79 Å². The van der Waals surface area contributed by atoms with Crippen LogP contribution in [0.15, 0.2) is 6.07 Å². The molecule has 6 nitrogen and oxygen atoms in total. The number of carboxylic acids is 1. The summed E-state index contributed by atoms with van der Waals surface area (Å²) in [5.41, 5.74) is 6.09. The molecule has 0 aromatic carbocycles. The van der Waals surface area contributed by atoms with Gasteiger partial charge in [0.15, 0.2) is 0 Å². The van der Waals surface area contributed by atoms with Crippen molar-refractivity contribution in [2.75, 3.05) is 0 Å². The number of nitrogens with two attached hydrogens (primary N) is 1. The van der Waals surface area contributed by atoms with Crippen LogP contribution in [0.1, 0.15) is 46.8 Å². The predicted octanol–water partition coefficient (Wildman–Crippen LogP) is 1.32. The van der Waals surface area contributed by atoms with Crippen LogP contribution in [0.5, 0.6) is 0 Å². The maximum absolute atomic E-state index is 12.1. The molecule has 0 fully saturated rings. The van der Waals surface area contributed by atoms with Crippen molar-refractivity contribution in [1.29, 1.82) is 0 Å². The van der Waals surface area contributed by atoms with Crippen LogP contribution in [0.2, 0.25) is 0 Å². The summed E-state index contributed by atoms with van der Waals surface area (Å²) in [5, 5.41) is 11.3. The van der Waals surface area contributed by atoms with Gasteiger partial charge in [0.05, 0.1) is 11.3 Å². The molecule has 1 aromatic rings. The van der Waals surface area contributed by atoms with E-state index >= 15 is 0 Å². The number of carboxylic acid groups (broad SMARTS) is 1. The lowest BCUT2D eigenvalue weighted by molar-refractivity contribution is -0.140. The Morgan fingerprint density at radius 3 is 2.52 bits per heavy atom. The maximum Gasteiger partial charge on any atom is 0.326 e. The Morgan fingerprint density at radius 2 is 2.05 bits per heavy atom. The van der Waals surface area contributed by atoms with Crippen LogP contribution in [0.4, 0.5) is 0 Å². The van der Waals surface area contributed by atoms with E-state index in [1.54, 1.807) is 6.07 Å². The van der Waals surface area contributed by atoms with Gasteiger partial charge in [-0.05, 0) is 24.5 Å². The molecular formula is C14H20N2O4S. The van der Waals surface area contributed by atoms with E-state index in [4.69, 9.17) is 10.8 Å². The molecule has 1 rings (SSSR count). The van der Waals surface area contributed by atoms with Crippen molar-refractivity contribution in [1.82, 2.24) is 5.32 Å². The first-order chi connectivity index (χ1) is 9.88. The molecule has 0 aliphatic heterocycles. The van der Waals surface area contributed by atoms with E-state index in [2.05, 4.69) is 12.2 Å². The standard InChI is InChI=1S/C14H20N2O4S/c1-3-5-10-8(4-2)6-11(21-10)13(18)16-9(14(19)20)7-12(15)17/h6,9H,3-5,7H2,1-2H3,(H2,15,17)(H,16,18)(H,19,20)/t9-/m0/s1. The van der Waals surface area contributed by atoms with Gasteiger partial charge in [0.2, 0.25) is 5.91 Å². The smallest absolute Gasteiger partial charge is 0.326 e. The molecule has 1 aromatic heterocycles. The van der Waals surface area contributed by atoms with Gasteiger partial charge in [-0.15, -0.1) is 11.3 Å². The van der Waals surface area contributed by atoms with Gasteiger partial charge < -0.3 is 16.2 Å². The molecule has 7 heteroatoms. The third kappa shape index (κ3) is 4.86. The minimum Gasteiger partial charge on any atom is -0.480 e. The number of primary amides is 1. The van der Waals surface area contributed by atoms with E-state index < -0.39 is 30.2 Å². The van der Waals surface area contributed by atoms with Crippen molar-refractivity contribution in [3.05, 3.63) is 21.4 Å². The molecule has 1 heterocycles. The normalized spacial score (nSPS) is 11.9. The number of carbonyl (C=O) groups is 3. The number of nitrogens with one attached hydrogen (secondary N) is 1. The number of hydrogen-bond acceptors (Lipinski definition) is 4. The van der Waals surface area contributed by atoms with Crippen LogP contribution in [0.3, 0.4) is 0 Å². The van der Waals surface area contributed by atoms with Crippen LogP contribution in [-0.4, -0.2) is 28.9 Å². The number of amides is 2. The van der Waals surface area contributed by atoms with Gasteiger partial charge >= 0.3 is 5.97 Å². The Kier molecular flexibility index (Phi) is 6.36. The molecule has 0 bridgehead atoms. The summed E-state index contributed by atoms with van der Waals surface area (Å²) in [6.45, 7) is 4.07. The zero-order valence-electron chi connectivity index (χ0n) is 12.1. The van der Waals surface area contributed by atoms with Crippen LogP contribution in [0, 0.1) is 0 Å². The third-order valence-electron chi connectivity index (χ3n) is 2.99. The highest BCUT2D eigenvalue weighted by atomic mass is 32.1. The summed E-state index contributed by atoms with van der Waals surface area (Å²) in [6, 6.07) is 0.491. The lowest BCUT2D eigenvalue weighted by Gasteiger charge is -2.11. The van der Waals surface area contributed by atoms with E-state index in [0.29, 0.717) is 4.88 Å². The fourth-order valence-corrected chi connectivity index (χ4v) is 3.21. The minimum absolute atomic E-state index is 0.422. The fraction of sp³-hybridized carbons (Fsp3) is 0.500. The average molecular weight is 312 g/mol. The number of hydrogen-bond donors (Lipinski definition) is 3. The quantitative estimate of drug-likeness (QED) is 0.672. The number of thiophene rings is 1. The summed E-state index contributed by atoms with van der Waals surface area (Å²) in [6.07, 6.45) is 2.27. The molecule has 1 atom stereocenters. The summed E-state index contributed by atoms with van der Waals surface area (Å²) >= 11 is 1.37. The molecule has 2 amide bonds. The van der Waals surface area contributed by atoms with E-state index in [9.17, 15) is 14.4 Å². The summed E-state index contributed by atoms with van der Waals surface area (Å²) in [4.78, 5) is 35.6. The van der Waals surface area contributed by atoms with Gasteiger partial charge in [-0.3, -0.25) is 9.59 Å². The molecular weight excluding hydrogens is 292 g/mol. The van der Waals surface area contributed by atoms with Crippen molar-refractivity contribution < 1.29 is 19.5 Å². The van der Waals surface area contributed by atoms with Gasteiger partial charge in [-0.2, -0.15) is 0 Å². The lowest BCUT2D eigenvalue weighted by atomic mass is 10.1. The Balaban J connectivity index is 2.87. The van der Waals surface area contributed by atoms with Crippen LogP contribution >= 0.6 is 11.3 Å². The van der Waals surface area contributed by atoms with Crippen molar-refractivity contribution in [2.45, 2.75) is 45.6 Å². The molecule has 0 saturated heterocycles. The summed E-state index contributed by atoms with van der Waals surface area (Å²) < 4.78 is 0. The second kappa shape index (κ2) is 7.78. The van der Waals surface area contributed by atoms with E-state index in [1.165, 1.54) is 11.3 Å². The number of aliphatic carboxylic acids is 1. The van der Waals surface area contributed by atoms with Gasteiger partial charge in [0.25, 0.3) is 5.91 Å². The molecule has 0 spiro atoms. The van der Waals surface area contributed by atoms with E-state index in [0.717, 1.165) is 29.7 Å². The molecule has 0 aliphatic carbocycles. The van der Waals surface area contributed by atoms with Gasteiger partial charge in [0, 0.05) is 4.88 Å². The van der Waals surface area contributed by atoms with Gasteiger partial charge in [-0.1, -0.05) is 20.3 Å². The largest absolute Gasteiger partial charge is 0.480 e. The van der Waals surface area contributed by atoms with E-state index in [-0.39, 0.29) is 0 Å². The second-order valence-electron chi connectivity index (χ2n) is 4.70. The molecule has 21 heavy (non-hydrogen) atoms. The molecule has 0 unspecified atom stereocenters.